The number of rotatable bonds is 3. The predicted molar refractivity (Wildman–Crippen MR) is 123 cm³/mol. The summed E-state index contributed by atoms with van der Waals surface area (Å²) in [5.74, 6) is 0. The van der Waals surface area contributed by atoms with E-state index in [0.717, 1.165) is 0 Å². The zero-order valence-corrected chi connectivity index (χ0v) is 18.9. The summed E-state index contributed by atoms with van der Waals surface area (Å²) in [6.45, 7) is 0. The Morgan fingerprint density at radius 3 is 1.55 bits per heavy atom. The van der Waals surface area contributed by atoms with E-state index < -0.39 is 7.92 Å². The van der Waals surface area contributed by atoms with Gasteiger partial charge in [-0.05, 0) is 97.7 Å². The van der Waals surface area contributed by atoms with Crippen molar-refractivity contribution in [2.75, 3.05) is 0 Å². The zero-order chi connectivity index (χ0) is 15.5. The van der Waals surface area contributed by atoms with Crippen molar-refractivity contribution in [2.24, 2.45) is 0 Å². The summed E-state index contributed by atoms with van der Waals surface area (Å²) in [5.41, 5.74) is 0. The van der Waals surface area contributed by atoms with Crippen LogP contribution in [0.3, 0.4) is 0 Å². The van der Waals surface area contributed by atoms with Gasteiger partial charge >= 0.3 is 0 Å². The van der Waals surface area contributed by atoms with Gasteiger partial charge in [-0.15, -0.1) is 0 Å². The molecule has 0 aliphatic carbocycles. The smallest absolute Gasteiger partial charge is 0.0404 e. The number of hydrogen-bond donors (Lipinski definition) is 0. The van der Waals surface area contributed by atoms with E-state index in [1.807, 2.05) is 0 Å². The summed E-state index contributed by atoms with van der Waals surface area (Å²) >= 11 is 7.38. The molecule has 0 aliphatic rings. The molecular weight excluding hydrogens is 628 g/mol. The summed E-state index contributed by atoms with van der Waals surface area (Å²) in [7, 11) is -0.511. The van der Waals surface area contributed by atoms with E-state index in [1.54, 1.807) is 0 Å². The molecule has 0 spiro atoms. The van der Waals surface area contributed by atoms with Crippen LogP contribution in [0.15, 0.2) is 72.8 Å². The first-order chi connectivity index (χ1) is 10.7. The van der Waals surface area contributed by atoms with Gasteiger partial charge in [0, 0.05) is 10.7 Å². The van der Waals surface area contributed by atoms with Crippen molar-refractivity contribution in [3.05, 3.63) is 83.5 Å². The molecule has 0 N–H and O–H groups in total. The molecule has 22 heavy (non-hydrogen) atoms. The fourth-order valence-corrected chi connectivity index (χ4v) is 7.44. The molecule has 0 bridgehead atoms. The summed E-state index contributed by atoms with van der Waals surface area (Å²) in [6, 6.07) is 26.3. The molecule has 0 unspecified atom stereocenters. The molecule has 0 radical (unpaired) electrons. The third-order valence-corrected chi connectivity index (χ3v) is 11.4. The Morgan fingerprint density at radius 2 is 1.05 bits per heavy atom. The first kappa shape index (κ1) is 17.1. The van der Waals surface area contributed by atoms with Crippen LogP contribution in [0.4, 0.5) is 0 Å². The van der Waals surface area contributed by atoms with Gasteiger partial charge in [0.15, 0.2) is 0 Å². The monoisotopic (exact) mass is 640 g/mol. The van der Waals surface area contributed by atoms with Crippen LogP contribution in [-0.4, -0.2) is 0 Å². The molecule has 0 saturated carbocycles. The highest BCUT2D eigenvalue weighted by molar-refractivity contribution is 14.1. The van der Waals surface area contributed by atoms with E-state index >= 15 is 0 Å². The lowest BCUT2D eigenvalue weighted by atomic mass is 10.4. The van der Waals surface area contributed by atoms with Crippen molar-refractivity contribution in [2.45, 2.75) is 0 Å². The van der Waals surface area contributed by atoms with Gasteiger partial charge in [0.25, 0.3) is 0 Å². The Balaban J connectivity index is 2.21. The molecule has 0 atom stereocenters. The second kappa shape index (κ2) is 7.90. The van der Waals surface area contributed by atoms with Crippen LogP contribution in [0.5, 0.6) is 0 Å². The van der Waals surface area contributed by atoms with Crippen LogP contribution in [0.25, 0.3) is 0 Å². The molecule has 110 valence electrons. The van der Waals surface area contributed by atoms with Crippen LogP contribution in [0, 0.1) is 10.7 Å². The quantitative estimate of drug-likeness (QED) is 0.209. The van der Waals surface area contributed by atoms with Crippen molar-refractivity contribution >= 4 is 91.6 Å². The highest BCUT2D eigenvalue weighted by Gasteiger charge is 2.20. The van der Waals surface area contributed by atoms with Gasteiger partial charge < -0.3 is 0 Å². The summed E-state index contributed by atoms with van der Waals surface area (Å²) in [5, 5.41) is 4.25. The Labute approximate surface area is 173 Å². The molecule has 3 aromatic rings. The maximum absolute atomic E-state index is 2.50. The van der Waals surface area contributed by atoms with Crippen LogP contribution < -0.4 is 15.9 Å². The number of benzene rings is 3. The molecule has 0 amide bonds. The van der Waals surface area contributed by atoms with E-state index in [9.17, 15) is 0 Å². The molecule has 0 aromatic heterocycles. The normalized spacial score (nSPS) is 10.9. The number of halogens is 3. The lowest BCUT2D eigenvalue weighted by molar-refractivity contribution is 1.57. The Kier molecular flexibility index (Phi) is 6.15. The Bertz CT molecular complexity index is 734. The van der Waals surface area contributed by atoms with Crippen molar-refractivity contribution in [3.8, 4) is 0 Å². The van der Waals surface area contributed by atoms with Crippen molar-refractivity contribution in [1.82, 2.24) is 0 Å². The second-order valence-electron chi connectivity index (χ2n) is 4.70. The third-order valence-electron chi connectivity index (χ3n) is 3.28. The fraction of sp³-hybridized carbons (Fsp3) is 0. The lowest BCUT2D eigenvalue weighted by Crippen LogP contribution is -2.23. The van der Waals surface area contributed by atoms with Crippen molar-refractivity contribution in [3.63, 3.8) is 0 Å². The molecule has 3 aromatic carbocycles. The average molecular weight is 640 g/mol. The van der Waals surface area contributed by atoms with Crippen LogP contribution in [0.1, 0.15) is 0 Å². The third kappa shape index (κ3) is 3.68. The highest BCUT2D eigenvalue weighted by atomic mass is 127. The largest absolute Gasteiger partial charge is 0.0622 e. The van der Waals surface area contributed by atoms with E-state index in [-0.39, 0.29) is 0 Å². The minimum absolute atomic E-state index is 0.511. The first-order valence-corrected chi connectivity index (χ1v) is 11.3. The van der Waals surface area contributed by atoms with Crippen molar-refractivity contribution < 1.29 is 0 Å². The maximum atomic E-state index is 2.50. The standard InChI is InChI=1S/C18H12I3P/c19-15-11-12-16(18(21)17(15)20)22(13-7-3-1-4-8-13)14-9-5-2-6-10-14/h1-12H. The molecule has 3 rings (SSSR count). The molecule has 0 aliphatic heterocycles. The predicted octanol–water partition coefficient (Wildman–Crippen LogP) is 5.26. The summed E-state index contributed by atoms with van der Waals surface area (Å²) in [4.78, 5) is 0. The summed E-state index contributed by atoms with van der Waals surface area (Å²) in [6.07, 6.45) is 0. The molecule has 0 saturated heterocycles. The van der Waals surface area contributed by atoms with E-state index in [4.69, 9.17) is 0 Å². The van der Waals surface area contributed by atoms with Gasteiger partial charge in [0.2, 0.25) is 0 Å². The van der Waals surface area contributed by atoms with E-state index in [1.165, 1.54) is 26.6 Å². The van der Waals surface area contributed by atoms with Gasteiger partial charge in [0.05, 0.1) is 0 Å². The van der Waals surface area contributed by atoms with Crippen LogP contribution in [-0.2, 0) is 0 Å². The minimum Gasteiger partial charge on any atom is -0.0622 e. The number of hydrogen-bond acceptors (Lipinski definition) is 0. The molecule has 0 nitrogen and oxygen atoms in total. The van der Waals surface area contributed by atoms with Crippen molar-refractivity contribution in [1.29, 1.82) is 0 Å². The van der Waals surface area contributed by atoms with Gasteiger partial charge in [0.1, 0.15) is 0 Å². The lowest BCUT2D eigenvalue weighted by Gasteiger charge is -2.21. The average Bonchev–Trinajstić information content (AvgIpc) is 2.57. The van der Waals surface area contributed by atoms with E-state index in [0.29, 0.717) is 0 Å². The Hall–Kier alpha value is 0.280. The molecule has 0 fully saturated rings. The zero-order valence-electron chi connectivity index (χ0n) is 11.5. The van der Waals surface area contributed by atoms with Gasteiger partial charge in [-0.2, -0.15) is 0 Å². The molecule has 0 heterocycles. The first-order valence-electron chi connectivity index (χ1n) is 6.72. The Morgan fingerprint density at radius 1 is 0.545 bits per heavy atom. The highest BCUT2D eigenvalue weighted by Crippen LogP contribution is 2.36. The van der Waals surface area contributed by atoms with E-state index in [2.05, 4.69) is 141 Å². The SMILES string of the molecule is Ic1ccc(P(c2ccccc2)c2ccccc2)c(I)c1I. The summed E-state index contributed by atoms with van der Waals surface area (Å²) < 4.78 is 4.06. The minimum atomic E-state index is -0.511. The van der Waals surface area contributed by atoms with Gasteiger partial charge in [-0.25, -0.2) is 0 Å². The maximum Gasteiger partial charge on any atom is 0.0404 e. The van der Waals surface area contributed by atoms with Gasteiger partial charge in [-0.1, -0.05) is 66.7 Å². The molecule has 4 heteroatoms. The fourth-order valence-electron chi connectivity index (χ4n) is 2.27. The van der Waals surface area contributed by atoms with Crippen LogP contribution >= 0.6 is 75.7 Å². The molecular formula is C18H12I3P. The topological polar surface area (TPSA) is 0 Å². The van der Waals surface area contributed by atoms with Crippen LogP contribution in [0.2, 0.25) is 0 Å². The van der Waals surface area contributed by atoms with Gasteiger partial charge in [-0.3, -0.25) is 0 Å². The second-order valence-corrected chi connectivity index (χ2v) is 10.2.